The molecule has 0 amide bonds. The molecule has 0 saturated heterocycles. The summed E-state index contributed by atoms with van der Waals surface area (Å²) in [5, 5.41) is 4.20. The molecule has 2 N–H and O–H groups in total. The number of ether oxygens (including phenoxy) is 1. The monoisotopic (exact) mass is 341 g/mol. The smallest absolute Gasteiger partial charge is 0.340 e. The van der Waals surface area contributed by atoms with Gasteiger partial charge in [-0.05, 0) is 19.1 Å². The molecule has 7 nitrogen and oxygen atoms in total. The zero-order valence-electron chi connectivity index (χ0n) is 13.7. The first-order chi connectivity index (χ1) is 12.0. The van der Waals surface area contributed by atoms with Crippen molar-refractivity contribution < 1.29 is 13.9 Å². The molecule has 0 fully saturated rings. The van der Waals surface area contributed by atoms with Gasteiger partial charge in [0, 0.05) is 23.9 Å². The predicted octanol–water partition coefficient (Wildman–Crippen LogP) is 2.53. The molecule has 0 aliphatic rings. The molecule has 3 rings (SSSR count). The minimum atomic E-state index is -0.746. The number of rotatable bonds is 4. The Labute approximate surface area is 143 Å². The average molecular weight is 341 g/mol. The van der Waals surface area contributed by atoms with E-state index in [0.717, 1.165) is 12.1 Å². The fraction of sp³-hybridized carbons (Fsp3) is 0.176. The van der Waals surface area contributed by atoms with Crippen molar-refractivity contribution in [2.45, 2.75) is 13.5 Å². The van der Waals surface area contributed by atoms with Crippen LogP contribution in [0.4, 0.5) is 10.2 Å². The Hall–Kier alpha value is -3.29. The van der Waals surface area contributed by atoms with E-state index in [1.165, 1.54) is 25.4 Å². The average Bonchev–Trinajstić information content (AvgIpc) is 3.10. The largest absolute Gasteiger partial charge is 0.465 e. The summed E-state index contributed by atoms with van der Waals surface area (Å²) in [5.41, 5.74) is 7.84. The Bertz CT molecular complexity index is 939. The van der Waals surface area contributed by atoms with E-state index in [9.17, 15) is 9.18 Å². The van der Waals surface area contributed by atoms with E-state index < -0.39 is 11.8 Å². The first-order valence-electron chi connectivity index (χ1n) is 7.57. The summed E-state index contributed by atoms with van der Waals surface area (Å²) in [7, 11) is 1.19. The molecule has 8 heteroatoms. The number of nitrogens with zero attached hydrogens (tertiary/aromatic N) is 4. The van der Waals surface area contributed by atoms with Gasteiger partial charge in [-0.1, -0.05) is 6.07 Å². The zero-order valence-corrected chi connectivity index (χ0v) is 13.7. The molecule has 2 aromatic heterocycles. The molecular formula is C17H16FN5O2. The highest BCUT2D eigenvalue weighted by Gasteiger charge is 2.16. The molecule has 2 heterocycles. The van der Waals surface area contributed by atoms with Gasteiger partial charge < -0.3 is 10.5 Å². The molecule has 0 saturated carbocycles. The molecule has 0 aliphatic carbocycles. The van der Waals surface area contributed by atoms with Crippen LogP contribution in [0.1, 0.15) is 17.3 Å². The maximum absolute atomic E-state index is 14.2. The van der Waals surface area contributed by atoms with Crippen molar-refractivity contribution >= 4 is 11.8 Å². The third-order valence-corrected chi connectivity index (χ3v) is 3.70. The van der Waals surface area contributed by atoms with E-state index in [1.807, 2.05) is 13.1 Å². The number of hydrogen-bond donors (Lipinski definition) is 1. The first-order valence-corrected chi connectivity index (χ1v) is 7.57. The van der Waals surface area contributed by atoms with E-state index in [0.29, 0.717) is 17.0 Å². The quantitative estimate of drug-likeness (QED) is 0.733. The number of esters is 1. The Morgan fingerprint density at radius 2 is 2.12 bits per heavy atom. The standard InChI is InChI=1S/C17H16FN5O2/c1-3-23-9-11(7-21-23)14-8-20-16(19)15(22-14)10-4-5-12(13(18)6-10)17(24)25-2/h4-9H,3H2,1-2H3,(H2,19,20). The van der Waals surface area contributed by atoms with Crippen molar-refractivity contribution in [1.29, 1.82) is 0 Å². The van der Waals surface area contributed by atoms with Gasteiger partial charge in [0.1, 0.15) is 17.3 Å². The highest BCUT2D eigenvalue weighted by atomic mass is 19.1. The number of aromatic nitrogens is 4. The number of methoxy groups -OCH3 is 1. The zero-order chi connectivity index (χ0) is 18.0. The second-order valence-corrected chi connectivity index (χ2v) is 5.26. The van der Waals surface area contributed by atoms with Crippen molar-refractivity contribution in [1.82, 2.24) is 19.7 Å². The second-order valence-electron chi connectivity index (χ2n) is 5.26. The molecule has 0 aliphatic heterocycles. The summed E-state index contributed by atoms with van der Waals surface area (Å²) in [4.78, 5) is 20.1. The molecule has 1 aromatic carbocycles. The van der Waals surface area contributed by atoms with Gasteiger partial charge in [-0.2, -0.15) is 5.10 Å². The number of benzene rings is 1. The highest BCUT2D eigenvalue weighted by molar-refractivity contribution is 5.90. The number of nitrogen functional groups attached to an aromatic ring is 1. The number of aryl methyl sites for hydroxylation is 1. The van der Waals surface area contributed by atoms with Crippen LogP contribution in [-0.4, -0.2) is 32.8 Å². The normalized spacial score (nSPS) is 10.7. The van der Waals surface area contributed by atoms with Gasteiger partial charge in [0.05, 0.1) is 30.8 Å². The van der Waals surface area contributed by atoms with Crippen LogP contribution in [-0.2, 0) is 11.3 Å². The van der Waals surface area contributed by atoms with Gasteiger partial charge in [-0.25, -0.2) is 19.2 Å². The van der Waals surface area contributed by atoms with Crippen LogP contribution in [0.3, 0.4) is 0 Å². The number of carbonyl (C=O) groups is 1. The van der Waals surface area contributed by atoms with Crippen LogP contribution in [0.2, 0.25) is 0 Å². The number of anilines is 1. The minimum absolute atomic E-state index is 0.154. The highest BCUT2D eigenvalue weighted by Crippen LogP contribution is 2.27. The maximum Gasteiger partial charge on any atom is 0.340 e. The third kappa shape index (κ3) is 3.18. The van der Waals surface area contributed by atoms with Gasteiger partial charge in [0.15, 0.2) is 0 Å². The van der Waals surface area contributed by atoms with Crippen molar-refractivity contribution in [2.75, 3.05) is 12.8 Å². The number of halogens is 1. The molecular weight excluding hydrogens is 325 g/mol. The van der Waals surface area contributed by atoms with Crippen LogP contribution in [0.15, 0.2) is 36.8 Å². The molecule has 0 unspecified atom stereocenters. The Balaban J connectivity index is 2.03. The van der Waals surface area contributed by atoms with E-state index >= 15 is 0 Å². The molecule has 0 atom stereocenters. The van der Waals surface area contributed by atoms with Gasteiger partial charge in [-0.3, -0.25) is 4.68 Å². The van der Waals surface area contributed by atoms with Gasteiger partial charge in [0.2, 0.25) is 0 Å². The lowest BCUT2D eigenvalue weighted by atomic mass is 10.1. The van der Waals surface area contributed by atoms with E-state index in [1.54, 1.807) is 16.9 Å². The summed E-state index contributed by atoms with van der Waals surface area (Å²) in [6.07, 6.45) is 5.05. The van der Waals surface area contributed by atoms with Crippen LogP contribution < -0.4 is 5.73 Å². The van der Waals surface area contributed by atoms with E-state index in [4.69, 9.17) is 5.73 Å². The van der Waals surface area contributed by atoms with Crippen molar-refractivity contribution in [2.24, 2.45) is 0 Å². The van der Waals surface area contributed by atoms with Gasteiger partial charge in [-0.15, -0.1) is 0 Å². The number of carbonyl (C=O) groups excluding carboxylic acids is 1. The molecule has 128 valence electrons. The Morgan fingerprint density at radius 1 is 1.32 bits per heavy atom. The summed E-state index contributed by atoms with van der Waals surface area (Å²) in [5.74, 6) is -1.30. The maximum atomic E-state index is 14.2. The van der Waals surface area contributed by atoms with Crippen molar-refractivity contribution in [3.63, 3.8) is 0 Å². The number of hydrogen-bond acceptors (Lipinski definition) is 6. The Morgan fingerprint density at radius 3 is 2.76 bits per heavy atom. The predicted molar refractivity (Wildman–Crippen MR) is 90.1 cm³/mol. The van der Waals surface area contributed by atoms with Crippen LogP contribution in [0.25, 0.3) is 22.5 Å². The number of nitrogens with two attached hydrogens (primary N) is 1. The summed E-state index contributed by atoms with van der Waals surface area (Å²) < 4.78 is 20.5. The van der Waals surface area contributed by atoms with E-state index in [-0.39, 0.29) is 11.4 Å². The lowest BCUT2D eigenvalue weighted by molar-refractivity contribution is 0.0595. The minimum Gasteiger partial charge on any atom is -0.465 e. The SMILES string of the molecule is CCn1cc(-c2cnc(N)c(-c3ccc(C(=O)OC)c(F)c3)n2)cn1. The third-order valence-electron chi connectivity index (χ3n) is 3.70. The van der Waals surface area contributed by atoms with Crippen LogP contribution in [0.5, 0.6) is 0 Å². The second kappa shape index (κ2) is 6.68. The molecule has 0 bridgehead atoms. The topological polar surface area (TPSA) is 95.9 Å². The fourth-order valence-corrected chi connectivity index (χ4v) is 2.36. The Kier molecular flexibility index (Phi) is 4.42. The molecule has 25 heavy (non-hydrogen) atoms. The summed E-state index contributed by atoms with van der Waals surface area (Å²) in [6.45, 7) is 2.71. The molecule has 0 spiro atoms. The summed E-state index contributed by atoms with van der Waals surface area (Å²) in [6, 6.07) is 4.07. The van der Waals surface area contributed by atoms with Crippen molar-refractivity contribution in [3.8, 4) is 22.5 Å². The lowest BCUT2D eigenvalue weighted by Crippen LogP contribution is -2.05. The van der Waals surface area contributed by atoms with Crippen molar-refractivity contribution in [3.05, 3.63) is 48.2 Å². The van der Waals surface area contributed by atoms with Crippen LogP contribution in [0, 0.1) is 5.82 Å². The molecule has 0 radical (unpaired) electrons. The molecule has 3 aromatic rings. The first kappa shape index (κ1) is 16.6. The van der Waals surface area contributed by atoms with Gasteiger partial charge >= 0.3 is 5.97 Å². The summed E-state index contributed by atoms with van der Waals surface area (Å²) >= 11 is 0. The lowest BCUT2D eigenvalue weighted by Gasteiger charge is -2.08. The van der Waals surface area contributed by atoms with Crippen LogP contribution >= 0.6 is 0 Å². The fourth-order valence-electron chi connectivity index (χ4n) is 2.36. The van der Waals surface area contributed by atoms with Gasteiger partial charge in [0.25, 0.3) is 0 Å². The van der Waals surface area contributed by atoms with E-state index in [2.05, 4.69) is 19.8 Å².